The molecule has 0 aromatic carbocycles. The number of hydrogen-bond acceptors (Lipinski definition) is 0. The highest BCUT2D eigenvalue weighted by molar-refractivity contribution is 4.60. The van der Waals surface area contributed by atoms with Crippen LogP contribution in [0.2, 0.25) is 0 Å². The molecule has 74 valence electrons. The van der Waals surface area contributed by atoms with Crippen LogP contribution in [0.3, 0.4) is 0 Å². The van der Waals surface area contributed by atoms with Gasteiger partial charge in [-0.3, -0.25) is 0 Å². The minimum absolute atomic E-state index is 0.860. The first-order chi connectivity index (χ1) is 5.57. The van der Waals surface area contributed by atoms with Crippen LogP contribution in [0.4, 0.5) is 0 Å². The molecule has 0 rings (SSSR count). The summed E-state index contributed by atoms with van der Waals surface area (Å²) in [6.45, 7) is 11.7. The van der Waals surface area contributed by atoms with Crippen LogP contribution in [0.1, 0.15) is 60.3 Å². The van der Waals surface area contributed by atoms with Crippen LogP contribution in [-0.4, -0.2) is 0 Å². The number of rotatable bonds is 6. The normalized spacial score (nSPS) is 16.5. The maximum Gasteiger partial charge on any atom is -0.0420 e. The van der Waals surface area contributed by atoms with E-state index >= 15 is 0 Å². The quantitative estimate of drug-likeness (QED) is 0.551. The largest absolute Gasteiger partial charge is 0.0654 e. The molecular formula is C12H26. The smallest absolute Gasteiger partial charge is 0.0420 e. The van der Waals surface area contributed by atoms with E-state index in [0.29, 0.717) is 0 Å². The molecule has 12 heavy (non-hydrogen) atoms. The molecule has 0 saturated heterocycles. The maximum absolute atomic E-state index is 2.39. The maximum atomic E-state index is 2.39. The third-order valence-corrected chi connectivity index (χ3v) is 3.03. The van der Waals surface area contributed by atoms with Crippen molar-refractivity contribution in [1.82, 2.24) is 0 Å². The average molecular weight is 170 g/mol. The second-order valence-corrected chi connectivity index (χ2v) is 4.69. The summed E-state index contributed by atoms with van der Waals surface area (Å²) in [5.74, 6) is 2.71. The van der Waals surface area contributed by atoms with E-state index in [0.717, 1.165) is 17.8 Å². The van der Waals surface area contributed by atoms with Gasteiger partial charge in [-0.05, 0) is 17.8 Å². The van der Waals surface area contributed by atoms with Crippen LogP contribution in [0.25, 0.3) is 0 Å². The van der Waals surface area contributed by atoms with Gasteiger partial charge in [-0.1, -0.05) is 60.3 Å². The van der Waals surface area contributed by atoms with Crippen molar-refractivity contribution in [2.75, 3.05) is 0 Å². The lowest BCUT2D eigenvalue weighted by molar-refractivity contribution is 0.342. The van der Waals surface area contributed by atoms with E-state index in [9.17, 15) is 0 Å². The van der Waals surface area contributed by atoms with Gasteiger partial charge in [0.2, 0.25) is 0 Å². The van der Waals surface area contributed by atoms with Crippen LogP contribution in [0, 0.1) is 17.8 Å². The highest BCUT2D eigenvalue weighted by Gasteiger charge is 2.08. The molecule has 0 aliphatic heterocycles. The van der Waals surface area contributed by atoms with Gasteiger partial charge in [-0.25, -0.2) is 0 Å². The molecule has 0 aliphatic carbocycles. The van der Waals surface area contributed by atoms with Gasteiger partial charge in [0.1, 0.15) is 0 Å². The zero-order valence-corrected chi connectivity index (χ0v) is 9.56. The first-order valence-corrected chi connectivity index (χ1v) is 5.57. The molecule has 0 N–H and O–H groups in total. The molecule has 0 bridgehead atoms. The zero-order valence-electron chi connectivity index (χ0n) is 9.56. The fraction of sp³-hybridized carbons (Fsp3) is 1.00. The van der Waals surface area contributed by atoms with Crippen molar-refractivity contribution >= 4 is 0 Å². The van der Waals surface area contributed by atoms with Gasteiger partial charge >= 0.3 is 0 Å². The lowest BCUT2D eigenvalue weighted by atomic mass is 9.89. The Hall–Kier alpha value is 0. The summed E-state index contributed by atoms with van der Waals surface area (Å²) >= 11 is 0. The summed E-state index contributed by atoms with van der Waals surface area (Å²) in [5, 5.41) is 0. The Balaban J connectivity index is 3.40. The van der Waals surface area contributed by atoms with Gasteiger partial charge in [0.15, 0.2) is 0 Å². The first kappa shape index (κ1) is 12.0. The second-order valence-electron chi connectivity index (χ2n) is 4.69. The van der Waals surface area contributed by atoms with E-state index in [4.69, 9.17) is 0 Å². The van der Waals surface area contributed by atoms with Crippen molar-refractivity contribution < 1.29 is 0 Å². The summed E-state index contributed by atoms with van der Waals surface area (Å²) in [6, 6.07) is 0. The van der Waals surface area contributed by atoms with Gasteiger partial charge in [-0.15, -0.1) is 0 Å². The van der Waals surface area contributed by atoms with Crippen LogP contribution >= 0.6 is 0 Å². The molecule has 2 atom stereocenters. The van der Waals surface area contributed by atoms with Crippen LogP contribution in [0.15, 0.2) is 0 Å². The van der Waals surface area contributed by atoms with Crippen LogP contribution < -0.4 is 0 Å². The molecule has 0 heteroatoms. The van der Waals surface area contributed by atoms with Crippen molar-refractivity contribution in [3.8, 4) is 0 Å². The topological polar surface area (TPSA) is 0 Å². The van der Waals surface area contributed by atoms with Crippen molar-refractivity contribution in [2.45, 2.75) is 60.3 Å². The van der Waals surface area contributed by atoms with E-state index in [1.807, 2.05) is 0 Å². The fourth-order valence-corrected chi connectivity index (χ4v) is 1.52. The second kappa shape index (κ2) is 6.51. The molecule has 0 fully saturated rings. The highest BCUT2D eigenvalue weighted by atomic mass is 14.1. The molecular weight excluding hydrogens is 144 g/mol. The molecule has 0 amide bonds. The molecule has 0 aromatic rings. The van der Waals surface area contributed by atoms with Gasteiger partial charge in [0.05, 0.1) is 0 Å². The Morgan fingerprint density at radius 1 is 0.833 bits per heavy atom. The van der Waals surface area contributed by atoms with Gasteiger partial charge < -0.3 is 0 Å². The third kappa shape index (κ3) is 5.62. The monoisotopic (exact) mass is 170 g/mol. The Bertz CT molecular complexity index is 94.2. The van der Waals surface area contributed by atoms with Crippen LogP contribution in [0.5, 0.6) is 0 Å². The zero-order chi connectivity index (χ0) is 9.56. The van der Waals surface area contributed by atoms with E-state index in [1.165, 1.54) is 25.7 Å². The lowest BCUT2D eigenvalue weighted by Gasteiger charge is -2.17. The SMILES string of the molecule is CCCC(C)CCC(C)C(C)C. The molecule has 0 spiro atoms. The average Bonchev–Trinajstić information content (AvgIpc) is 2.00. The molecule has 2 unspecified atom stereocenters. The van der Waals surface area contributed by atoms with Crippen molar-refractivity contribution in [2.24, 2.45) is 17.8 Å². The predicted octanol–water partition coefficient (Wildman–Crippen LogP) is 4.49. The lowest BCUT2D eigenvalue weighted by Crippen LogP contribution is -2.06. The molecule has 0 saturated carbocycles. The standard InChI is InChI=1S/C12H26/c1-6-7-11(4)8-9-12(5)10(2)3/h10-12H,6-9H2,1-5H3. The fourth-order valence-electron chi connectivity index (χ4n) is 1.52. The first-order valence-electron chi connectivity index (χ1n) is 5.57. The molecule has 0 aromatic heterocycles. The van der Waals surface area contributed by atoms with Crippen molar-refractivity contribution in [3.63, 3.8) is 0 Å². The van der Waals surface area contributed by atoms with E-state index in [2.05, 4.69) is 34.6 Å². The van der Waals surface area contributed by atoms with Gasteiger partial charge in [0.25, 0.3) is 0 Å². The Morgan fingerprint density at radius 2 is 1.42 bits per heavy atom. The van der Waals surface area contributed by atoms with Crippen LogP contribution in [-0.2, 0) is 0 Å². The minimum atomic E-state index is 0.860. The molecule has 0 aliphatic rings. The summed E-state index contributed by atoms with van der Waals surface area (Å²) in [5.41, 5.74) is 0. The Morgan fingerprint density at radius 3 is 1.83 bits per heavy atom. The number of hydrogen-bond donors (Lipinski definition) is 0. The summed E-state index contributed by atoms with van der Waals surface area (Å²) < 4.78 is 0. The third-order valence-electron chi connectivity index (χ3n) is 3.03. The van der Waals surface area contributed by atoms with E-state index in [1.54, 1.807) is 0 Å². The predicted molar refractivity (Wildman–Crippen MR) is 57.3 cm³/mol. The van der Waals surface area contributed by atoms with Gasteiger partial charge in [-0.2, -0.15) is 0 Å². The molecule has 0 radical (unpaired) electrons. The van der Waals surface area contributed by atoms with Crippen molar-refractivity contribution in [3.05, 3.63) is 0 Å². The highest BCUT2D eigenvalue weighted by Crippen LogP contribution is 2.21. The molecule has 0 nitrogen and oxygen atoms in total. The Kier molecular flexibility index (Phi) is 6.51. The van der Waals surface area contributed by atoms with Crippen molar-refractivity contribution in [1.29, 1.82) is 0 Å². The van der Waals surface area contributed by atoms with E-state index < -0.39 is 0 Å². The Labute approximate surface area is 78.8 Å². The summed E-state index contributed by atoms with van der Waals surface area (Å²) in [6.07, 6.45) is 5.59. The van der Waals surface area contributed by atoms with Gasteiger partial charge in [0, 0.05) is 0 Å². The minimum Gasteiger partial charge on any atom is -0.0654 e. The molecule has 0 heterocycles. The summed E-state index contributed by atoms with van der Waals surface area (Å²) in [4.78, 5) is 0. The van der Waals surface area contributed by atoms with E-state index in [-0.39, 0.29) is 0 Å². The summed E-state index contributed by atoms with van der Waals surface area (Å²) in [7, 11) is 0.